The zero-order valence-electron chi connectivity index (χ0n) is 18.2. The number of carbonyl (C=O) groups is 2. The molecular weight excluding hydrogens is 366 g/mol. The van der Waals surface area contributed by atoms with Gasteiger partial charge in [-0.15, -0.1) is 0 Å². The molecule has 1 aliphatic heterocycles. The van der Waals surface area contributed by atoms with Crippen molar-refractivity contribution in [1.82, 2.24) is 5.32 Å². The monoisotopic (exact) mass is 397 g/mol. The molecule has 1 aromatic rings. The van der Waals surface area contributed by atoms with E-state index < -0.39 is 5.92 Å². The third kappa shape index (κ3) is 4.39. The molecule has 0 aromatic heterocycles. The van der Waals surface area contributed by atoms with E-state index in [0.717, 1.165) is 29.1 Å². The second-order valence-electron chi connectivity index (χ2n) is 8.89. The predicted molar refractivity (Wildman–Crippen MR) is 112 cm³/mol. The minimum atomic E-state index is -0.434. The first-order valence-corrected chi connectivity index (χ1v) is 10.3. The van der Waals surface area contributed by atoms with Crippen LogP contribution in [-0.2, 0) is 14.3 Å². The highest BCUT2D eigenvalue weighted by Crippen LogP contribution is 2.47. The second-order valence-corrected chi connectivity index (χ2v) is 8.89. The Balaban J connectivity index is 2.11. The number of dihydropyridines is 1. The summed E-state index contributed by atoms with van der Waals surface area (Å²) >= 11 is 0. The number of hydrogen-bond donors (Lipinski definition) is 1. The van der Waals surface area contributed by atoms with Gasteiger partial charge in [-0.1, -0.05) is 26.0 Å². The summed E-state index contributed by atoms with van der Waals surface area (Å²) in [4.78, 5) is 26.2. The second kappa shape index (κ2) is 8.05. The lowest BCUT2D eigenvalue weighted by Crippen LogP contribution is -2.39. The Morgan fingerprint density at radius 2 is 1.86 bits per heavy atom. The Labute approximate surface area is 173 Å². The molecule has 0 bridgehead atoms. The van der Waals surface area contributed by atoms with Crippen molar-refractivity contribution in [3.8, 4) is 5.75 Å². The molecule has 29 heavy (non-hydrogen) atoms. The summed E-state index contributed by atoms with van der Waals surface area (Å²) < 4.78 is 11.1. The van der Waals surface area contributed by atoms with Crippen LogP contribution in [0.4, 0.5) is 0 Å². The molecule has 0 spiro atoms. The Kier molecular flexibility index (Phi) is 5.87. The molecule has 5 nitrogen and oxygen atoms in total. The average Bonchev–Trinajstić information content (AvgIpc) is 2.59. The highest BCUT2D eigenvalue weighted by molar-refractivity contribution is 6.04. The molecule has 2 aliphatic rings. The van der Waals surface area contributed by atoms with Gasteiger partial charge >= 0.3 is 5.97 Å². The molecule has 0 fully saturated rings. The van der Waals surface area contributed by atoms with Crippen molar-refractivity contribution in [3.63, 3.8) is 0 Å². The van der Waals surface area contributed by atoms with Crippen LogP contribution in [0, 0.1) is 5.41 Å². The lowest BCUT2D eigenvalue weighted by atomic mass is 9.68. The van der Waals surface area contributed by atoms with Crippen molar-refractivity contribution in [2.45, 2.75) is 66.4 Å². The first-order chi connectivity index (χ1) is 13.6. The van der Waals surface area contributed by atoms with E-state index in [1.165, 1.54) is 0 Å². The number of esters is 1. The summed E-state index contributed by atoms with van der Waals surface area (Å²) in [5.74, 6) is 0.0392. The smallest absolute Gasteiger partial charge is 0.337 e. The van der Waals surface area contributed by atoms with E-state index in [2.05, 4.69) is 19.2 Å². The highest BCUT2D eigenvalue weighted by atomic mass is 16.5. The fourth-order valence-electron chi connectivity index (χ4n) is 4.24. The molecular formula is C24H31NO4. The molecule has 1 heterocycles. The van der Waals surface area contributed by atoms with Crippen LogP contribution in [0.1, 0.15) is 65.9 Å². The van der Waals surface area contributed by atoms with Gasteiger partial charge in [0.2, 0.25) is 0 Å². The van der Waals surface area contributed by atoms with Crippen LogP contribution in [0.15, 0.2) is 46.8 Å². The molecule has 0 saturated heterocycles. The summed E-state index contributed by atoms with van der Waals surface area (Å²) in [6, 6.07) is 7.65. The number of Topliss-reactive ketones (excluding diaryl/α,β-unsaturated/α-hetero) is 1. The molecule has 0 saturated carbocycles. The SMILES string of the molecule is CCOc1ccc([C@@H]2C(C(=O)OC(C)C)=C(C)NC3=C2C(=O)CC(C)(C)C3)cc1. The van der Waals surface area contributed by atoms with Gasteiger partial charge in [0.05, 0.1) is 18.3 Å². The van der Waals surface area contributed by atoms with E-state index in [-0.39, 0.29) is 23.3 Å². The van der Waals surface area contributed by atoms with Gasteiger partial charge in [0, 0.05) is 29.3 Å². The number of allylic oxidation sites excluding steroid dienone is 3. The normalized spacial score (nSPS) is 21.1. The average molecular weight is 398 g/mol. The molecule has 156 valence electrons. The van der Waals surface area contributed by atoms with Crippen LogP contribution in [0.2, 0.25) is 0 Å². The predicted octanol–water partition coefficient (Wildman–Crippen LogP) is 4.64. The molecule has 1 N–H and O–H groups in total. The fraction of sp³-hybridized carbons (Fsp3) is 0.500. The van der Waals surface area contributed by atoms with Crippen molar-refractivity contribution in [2.24, 2.45) is 5.41 Å². The van der Waals surface area contributed by atoms with E-state index in [4.69, 9.17) is 9.47 Å². The van der Waals surface area contributed by atoms with Gasteiger partial charge in [0.1, 0.15) is 5.75 Å². The van der Waals surface area contributed by atoms with Gasteiger partial charge in [-0.25, -0.2) is 4.79 Å². The number of carbonyl (C=O) groups excluding carboxylic acids is 2. The van der Waals surface area contributed by atoms with E-state index in [0.29, 0.717) is 24.2 Å². The topological polar surface area (TPSA) is 64.6 Å². The zero-order chi connectivity index (χ0) is 21.3. The summed E-state index contributed by atoms with van der Waals surface area (Å²) in [6.07, 6.45) is 0.998. The maximum atomic E-state index is 13.2. The number of benzene rings is 1. The standard InChI is InChI=1S/C24H31NO4/c1-7-28-17-10-8-16(9-11-17)21-20(23(27)29-14(2)3)15(4)25-18-12-24(5,6)13-19(26)22(18)21/h8-11,14,21,25H,7,12-13H2,1-6H3/t21-/m1/s1. The minimum Gasteiger partial charge on any atom is -0.494 e. The Hall–Kier alpha value is -2.56. The van der Waals surface area contributed by atoms with Gasteiger partial charge in [0.15, 0.2) is 5.78 Å². The summed E-state index contributed by atoms with van der Waals surface area (Å²) in [5, 5.41) is 3.35. The molecule has 1 aliphatic carbocycles. The van der Waals surface area contributed by atoms with Gasteiger partial charge in [0.25, 0.3) is 0 Å². The lowest BCUT2D eigenvalue weighted by molar-refractivity contribution is -0.143. The molecule has 1 aromatic carbocycles. The van der Waals surface area contributed by atoms with Crippen LogP contribution < -0.4 is 10.1 Å². The Morgan fingerprint density at radius 3 is 2.45 bits per heavy atom. The zero-order valence-corrected chi connectivity index (χ0v) is 18.2. The molecule has 0 radical (unpaired) electrons. The maximum absolute atomic E-state index is 13.2. The van der Waals surface area contributed by atoms with Crippen LogP contribution in [0.25, 0.3) is 0 Å². The maximum Gasteiger partial charge on any atom is 0.337 e. The first kappa shape index (κ1) is 21.2. The van der Waals surface area contributed by atoms with Crippen molar-refractivity contribution >= 4 is 11.8 Å². The quantitative estimate of drug-likeness (QED) is 0.733. The van der Waals surface area contributed by atoms with E-state index in [1.54, 1.807) is 0 Å². The van der Waals surface area contributed by atoms with Crippen molar-refractivity contribution in [2.75, 3.05) is 6.61 Å². The lowest BCUT2D eigenvalue weighted by Gasteiger charge is -2.39. The third-order valence-corrected chi connectivity index (χ3v) is 5.33. The summed E-state index contributed by atoms with van der Waals surface area (Å²) in [6.45, 7) is 12.3. The number of ketones is 1. The molecule has 1 atom stereocenters. The third-order valence-electron chi connectivity index (χ3n) is 5.33. The van der Waals surface area contributed by atoms with E-state index in [1.807, 2.05) is 52.0 Å². The van der Waals surface area contributed by atoms with Gasteiger partial charge < -0.3 is 14.8 Å². The van der Waals surface area contributed by atoms with Gasteiger partial charge in [-0.2, -0.15) is 0 Å². The molecule has 3 rings (SSSR count). The minimum absolute atomic E-state index is 0.0879. The van der Waals surface area contributed by atoms with Crippen LogP contribution >= 0.6 is 0 Å². The van der Waals surface area contributed by atoms with E-state index >= 15 is 0 Å². The van der Waals surface area contributed by atoms with Gasteiger partial charge in [-0.3, -0.25) is 4.79 Å². The number of hydrogen-bond acceptors (Lipinski definition) is 5. The molecule has 5 heteroatoms. The Bertz CT molecular complexity index is 875. The molecule has 0 unspecified atom stereocenters. The number of ether oxygens (including phenoxy) is 2. The van der Waals surface area contributed by atoms with Crippen LogP contribution in [0.3, 0.4) is 0 Å². The van der Waals surface area contributed by atoms with Crippen LogP contribution in [0.5, 0.6) is 5.75 Å². The van der Waals surface area contributed by atoms with Crippen molar-refractivity contribution in [1.29, 1.82) is 0 Å². The molecule has 0 amide bonds. The first-order valence-electron chi connectivity index (χ1n) is 10.3. The fourth-order valence-corrected chi connectivity index (χ4v) is 4.24. The summed E-state index contributed by atoms with van der Waals surface area (Å²) in [7, 11) is 0. The largest absolute Gasteiger partial charge is 0.494 e. The van der Waals surface area contributed by atoms with E-state index in [9.17, 15) is 9.59 Å². The number of rotatable bonds is 5. The summed E-state index contributed by atoms with van der Waals surface area (Å²) in [5.41, 5.74) is 3.65. The van der Waals surface area contributed by atoms with Crippen molar-refractivity contribution in [3.05, 3.63) is 52.4 Å². The highest BCUT2D eigenvalue weighted by Gasteiger charge is 2.43. The van der Waals surface area contributed by atoms with Crippen LogP contribution in [-0.4, -0.2) is 24.5 Å². The Morgan fingerprint density at radius 1 is 1.21 bits per heavy atom. The number of nitrogens with one attached hydrogen (secondary N) is 1. The van der Waals surface area contributed by atoms with Crippen molar-refractivity contribution < 1.29 is 19.1 Å². The van der Waals surface area contributed by atoms with Gasteiger partial charge in [-0.05, 0) is 57.2 Å².